The molecule has 0 bridgehead atoms. The summed E-state index contributed by atoms with van der Waals surface area (Å²) < 4.78 is 78.9. The second kappa shape index (κ2) is 10.2. The summed E-state index contributed by atoms with van der Waals surface area (Å²) in [6.07, 6.45) is -1.46. The molecule has 0 amide bonds. The van der Waals surface area contributed by atoms with Crippen molar-refractivity contribution in [2.24, 2.45) is 0 Å². The second-order valence-electron chi connectivity index (χ2n) is 8.11. The van der Waals surface area contributed by atoms with E-state index in [1.54, 1.807) is 19.2 Å². The predicted molar refractivity (Wildman–Crippen MR) is 123 cm³/mol. The van der Waals surface area contributed by atoms with Gasteiger partial charge < -0.3 is 9.47 Å². The number of sulfonamides is 1. The molecule has 1 N–H and O–H groups in total. The summed E-state index contributed by atoms with van der Waals surface area (Å²) in [6.45, 7) is 0.733. The molecule has 0 saturated heterocycles. The van der Waals surface area contributed by atoms with Crippen LogP contribution in [0.15, 0.2) is 59.6 Å². The number of methoxy groups -OCH3 is 1. The molecule has 1 aliphatic rings. The standard InChI is InChI=1S/C24H24F3N3O4S/c1-33-12-3-4-16-14-17(24(25,26)27)6-8-19(16)20-10-13-34-22-15-18(7-9-21(20)22)35(31,32)30-23-5-2-11-28-29-23/h2,5-9,11,14-15,20H,3-4,10,12-13H2,1H3,(H,29,30). The van der Waals surface area contributed by atoms with Crippen molar-refractivity contribution < 1.29 is 31.1 Å². The van der Waals surface area contributed by atoms with Gasteiger partial charge in [-0.1, -0.05) is 12.1 Å². The second-order valence-corrected chi connectivity index (χ2v) is 9.79. The average Bonchev–Trinajstić information content (AvgIpc) is 2.83. The van der Waals surface area contributed by atoms with Gasteiger partial charge in [-0.3, -0.25) is 4.72 Å². The van der Waals surface area contributed by atoms with E-state index in [4.69, 9.17) is 9.47 Å². The normalized spacial score (nSPS) is 15.8. The van der Waals surface area contributed by atoms with Crippen LogP contribution in [0.3, 0.4) is 0 Å². The van der Waals surface area contributed by atoms with Crippen LogP contribution < -0.4 is 9.46 Å². The monoisotopic (exact) mass is 507 g/mol. The SMILES string of the molecule is COCCCc1cc(C(F)(F)F)ccc1C1CCOc2cc(S(=O)(=O)Nc3cccnn3)ccc21. The smallest absolute Gasteiger partial charge is 0.416 e. The molecule has 35 heavy (non-hydrogen) atoms. The number of halogens is 3. The molecular weight excluding hydrogens is 483 g/mol. The van der Waals surface area contributed by atoms with Crippen LogP contribution in [0.4, 0.5) is 19.0 Å². The molecule has 0 saturated carbocycles. The molecule has 0 radical (unpaired) electrons. The largest absolute Gasteiger partial charge is 0.493 e. The molecule has 0 spiro atoms. The Balaban J connectivity index is 1.68. The number of rotatable bonds is 8. The Labute approximate surface area is 201 Å². The maximum Gasteiger partial charge on any atom is 0.416 e. The van der Waals surface area contributed by atoms with Crippen LogP contribution in [-0.2, 0) is 27.4 Å². The molecule has 1 unspecified atom stereocenters. The van der Waals surface area contributed by atoms with Gasteiger partial charge in [-0.15, -0.1) is 5.10 Å². The molecule has 0 aliphatic carbocycles. The zero-order valence-electron chi connectivity index (χ0n) is 18.9. The number of aromatic nitrogens is 2. The number of aryl methyl sites for hydroxylation is 1. The number of alkyl halides is 3. The Bertz CT molecular complexity index is 1280. The lowest BCUT2D eigenvalue weighted by Gasteiger charge is -2.29. The van der Waals surface area contributed by atoms with Crippen molar-refractivity contribution in [1.82, 2.24) is 10.2 Å². The Morgan fingerprint density at radius 3 is 2.66 bits per heavy atom. The zero-order chi connectivity index (χ0) is 25.1. The van der Waals surface area contributed by atoms with Gasteiger partial charge in [0, 0.05) is 37.5 Å². The first kappa shape index (κ1) is 24.9. The van der Waals surface area contributed by atoms with Gasteiger partial charge in [-0.2, -0.15) is 18.3 Å². The topological polar surface area (TPSA) is 90.4 Å². The van der Waals surface area contributed by atoms with E-state index in [1.807, 2.05) is 0 Å². The number of hydrogen-bond donors (Lipinski definition) is 1. The molecular formula is C24H24F3N3O4S. The van der Waals surface area contributed by atoms with Crippen molar-refractivity contribution in [2.75, 3.05) is 25.0 Å². The van der Waals surface area contributed by atoms with Gasteiger partial charge in [0.2, 0.25) is 0 Å². The number of benzene rings is 2. The summed E-state index contributed by atoms with van der Waals surface area (Å²) >= 11 is 0. The zero-order valence-corrected chi connectivity index (χ0v) is 19.7. The Hall–Kier alpha value is -3.18. The molecule has 2 heterocycles. The highest BCUT2D eigenvalue weighted by Gasteiger charge is 2.33. The molecule has 0 fully saturated rings. The number of nitrogens with zero attached hydrogens (tertiary/aromatic N) is 2. The van der Waals surface area contributed by atoms with E-state index >= 15 is 0 Å². The van der Waals surface area contributed by atoms with Crippen LogP contribution >= 0.6 is 0 Å². The molecule has 11 heteroatoms. The van der Waals surface area contributed by atoms with Gasteiger partial charge in [0.05, 0.1) is 17.1 Å². The average molecular weight is 508 g/mol. The number of anilines is 1. The number of nitrogens with one attached hydrogen (secondary N) is 1. The minimum atomic E-state index is -4.44. The lowest BCUT2D eigenvalue weighted by molar-refractivity contribution is -0.137. The van der Waals surface area contributed by atoms with Crippen molar-refractivity contribution >= 4 is 15.8 Å². The fraction of sp³-hybridized carbons (Fsp3) is 0.333. The van der Waals surface area contributed by atoms with Crippen molar-refractivity contribution in [3.63, 3.8) is 0 Å². The van der Waals surface area contributed by atoms with Gasteiger partial charge in [-0.05, 0) is 60.7 Å². The van der Waals surface area contributed by atoms with E-state index in [2.05, 4.69) is 14.9 Å². The molecule has 3 aromatic rings. The summed E-state index contributed by atoms with van der Waals surface area (Å²) in [5, 5.41) is 7.39. The van der Waals surface area contributed by atoms with Gasteiger partial charge in [-0.25, -0.2) is 8.42 Å². The first-order valence-electron chi connectivity index (χ1n) is 11.0. The van der Waals surface area contributed by atoms with E-state index in [1.165, 1.54) is 36.5 Å². The van der Waals surface area contributed by atoms with Crippen LogP contribution in [0.1, 0.15) is 41.0 Å². The summed E-state index contributed by atoms with van der Waals surface area (Å²) in [5.74, 6) is 0.226. The summed E-state index contributed by atoms with van der Waals surface area (Å²) in [4.78, 5) is -0.0182. The molecule has 4 rings (SSSR count). The fourth-order valence-corrected chi connectivity index (χ4v) is 5.17. The third kappa shape index (κ3) is 5.73. The maximum atomic E-state index is 13.4. The van der Waals surface area contributed by atoms with Crippen LogP contribution in [0.2, 0.25) is 0 Å². The van der Waals surface area contributed by atoms with Gasteiger partial charge in [0.15, 0.2) is 5.82 Å². The van der Waals surface area contributed by atoms with Crippen LogP contribution in [-0.4, -0.2) is 38.9 Å². The first-order valence-corrected chi connectivity index (χ1v) is 12.4. The molecule has 1 aromatic heterocycles. The molecule has 1 atom stereocenters. The van der Waals surface area contributed by atoms with Gasteiger partial charge in [0.1, 0.15) is 5.75 Å². The molecule has 186 valence electrons. The van der Waals surface area contributed by atoms with E-state index in [-0.39, 0.29) is 16.6 Å². The fourth-order valence-electron chi connectivity index (χ4n) is 4.16. The number of fused-ring (bicyclic) bond motifs is 1. The maximum absolute atomic E-state index is 13.4. The minimum absolute atomic E-state index is 0.0182. The predicted octanol–water partition coefficient (Wildman–Crippen LogP) is 4.79. The van der Waals surface area contributed by atoms with E-state index < -0.39 is 21.8 Å². The summed E-state index contributed by atoms with van der Waals surface area (Å²) in [6, 6.07) is 11.4. The molecule has 1 aliphatic heterocycles. The van der Waals surface area contributed by atoms with Gasteiger partial charge >= 0.3 is 6.18 Å². The number of ether oxygens (including phenoxy) is 2. The van der Waals surface area contributed by atoms with E-state index in [9.17, 15) is 21.6 Å². The Morgan fingerprint density at radius 2 is 1.94 bits per heavy atom. The van der Waals surface area contributed by atoms with Crippen molar-refractivity contribution in [1.29, 1.82) is 0 Å². The van der Waals surface area contributed by atoms with Crippen LogP contribution in [0.5, 0.6) is 5.75 Å². The Kier molecular flexibility index (Phi) is 7.27. The quantitative estimate of drug-likeness (QED) is 0.441. The molecule has 2 aromatic carbocycles. The molecule has 7 nitrogen and oxygen atoms in total. The van der Waals surface area contributed by atoms with Gasteiger partial charge in [0.25, 0.3) is 10.0 Å². The third-order valence-corrected chi connectivity index (χ3v) is 7.14. The third-order valence-electron chi connectivity index (χ3n) is 5.79. The minimum Gasteiger partial charge on any atom is -0.493 e. The van der Waals surface area contributed by atoms with Crippen molar-refractivity contribution in [2.45, 2.75) is 36.3 Å². The summed E-state index contributed by atoms with van der Waals surface area (Å²) in [7, 11) is -2.40. The van der Waals surface area contributed by atoms with Crippen LogP contribution in [0.25, 0.3) is 0 Å². The Morgan fingerprint density at radius 1 is 1.14 bits per heavy atom. The lowest BCUT2D eigenvalue weighted by Crippen LogP contribution is -2.19. The summed E-state index contributed by atoms with van der Waals surface area (Å²) in [5.41, 5.74) is 1.39. The highest BCUT2D eigenvalue weighted by molar-refractivity contribution is 7.92. The van der Waals surface area contributed by atoms with Crippen molar-refractivity contribution in [3.8, 4) is 5.75 Å². The lowest BCUT2D eigenvalue weighted by atomic mass is 9.82. The van der Waals surface area contributed by atoms with E-state index in [0.717, 1.165) is 17.2 Å². The number of hydrogen-bond acceptors (Lipinski definition) is 6. The highest BCUT2D eigenvalue weighted by atomic mass is 32.2. The van der Waals surface area contributed by atoms with Crippen molar-refractivity contribution in [3.05, 3.63) is 77.0 Å². The van der Waals surface area contributed by atoms with E-state index in [0.29, 0.717) is 43.8 Å². The highest BCUT2D eigenvalue weighted by Crippen LogP contribution is 2.42. The van der Waals surface area contributed by atoms with Crippen LogP contribution in [0, 0.1) is 0 Å². The first-order chi connectivity index (χ1) is 16.7.